The lowest BCUT2D eigenvalue weighted by Crippen LogP contribution is -2.20. The quantitative estimate of drug-likeness (QED) is 0.410. The zero-order valence-electron chi connectivity index (χ0n) is 16.0. The first kappa shape index (κ1) is 19.5. The average Bonchev–Trinajstić information content (AvgIpc) is 3.26. The number of hydrogen-bond acceptors (Lipinski definition) is 5. The third-order valence-corrected chi connectivity index (χ3v) is 5.06. The monoisotopic (exact) mass is 419 g/mol. The van der Waals surface area contributed by atoms with Crippen molar-refractivity contribution in [2.75, 3.05) is 15.5 Å². The molecule has 0 unspecified atom stereocenters. The first-order valence-corrected chi connectivity index (χ1v) is 10.0. The molecule has 0 aliphatic rings. The van der Waals surface area contributed by atoms with Crippen molar-refractivity contribution in [1.29, 1.82) is 0 Å². The maximum atomic E-state index is 13.3. The molecule has 4 rings (SSSR count). The van der Waals surface area contributed by atoms with E-state index in [1.165, 1.54) is 29.5 Å². The number of carbonyl (C=O) groups excluding carboxylic acids is 1. The molecular weight excluding hydrogens is 401 g/mol. The molecule has 2 aromatic carbocycles. The lowest BCUT2D eigenvalue weighted by Gasteiger charge is -2.24. The molecule has 0 spiro atoms. The Morgan fingerprint density at radius 1 is 1.03 bits per heavy atom. The van der Waals surface area contributed by atoms with Crippen LogP contribution in [-0.4, -0.2) is 16.0 Å². The van der Waals surface area contributed by atoms with Crippen LogP contribution in [0.1, 0.15) is 5.56 Å². The van der Waals surface area contributed by atoms with Crippen molar-refractivity contribution in [2.45, 2.75) is 6.92 Å². The van der Waals surface area contributed by atoms with Crippen molar-refractivity contribution in [3.63, 3.8) is 0 Å². The van der Waals surface area contributed by atoms with Crippen molar-refractivity contribution in [3.8, 4) is 0 Å². The van der Waals surface area contributed by atoms with Crippen molar-refractivity contribution in [3.05, 3.63) is 89.9 Å². The molecule has 2 heterocycles. The third-order valence-electron chi connectivity index (χ3n) is 4.31. The van der Waals surface area contributed by atoms with Crippen LogP contribution in [0.3, 0.4) is 0 Å². The molecule has 0 fully saturated rings. The number of benzene rings is 2. The summed E-state index contributed by atoms with van der Waals surface area (Å²) in [6, 6.07) is 14.7. The van der Waals surface area contributed by atoms with Gasteiger partial charge in [-0.15, -0.1) is 11.3 Å². The van der Waals surface area contributed by atoms with Gasteiger partial charge in [0.05, 0.1) is 17.6 Å². The molecule has 0 radical (unpaired) electrons. The molecular formula is C22H18FN5OS. The van der Waals surface area contributed by atoms with Gasteiger partial charge in [-0.3, -0.25) is 9.88 Å². The Hall–Kier alpha value is -3.78. The lowest BCUT2D eigenvalue weighted by molar-refractivity contribution is 0.262. The van der Waals surface area contributed by atoms with Crippen LogP contribution in [0.4, 0.5) is 37.1 Å². The fourth-order valence-electron chi connectivity index (χ4n) is 2.95. The van der Waals surface area contributed by atoms with Crippen LogP contribution in [0.25, 0.3) is 0 Å². The number of carbonyl (C=O) groups is 1. The molecule has 0 aliphatic carbocycles. The Balaban J connectivity index is 1.62. The second-order valence-electron chi connectivity index (χ2n) is 6.45. The minimum absolute atomic E-state index is 0.375. The topological polar surface area (TPSA) is 70.2 Å². The largest absolute Gasteiger partial charge is 0.323 e. The number of halogens is 1. The Labute approximate surface area is 177 Å². The van der Waals surface area contributed by atoms with Gasteiger partial charge in [-0.1, -0.05) is 12.1 Å². The van der Waals surface area contributed by atoms with Crippen LogP contribution in [0.5, 0.6) is 0 Å². The summed E-state index contributed by atoms with van der Waals surface area (Å²) in [4.78, 5) is 23.0. The Kier molecular flexibility index (Phi) is 5.67. The smallest absolute Gasteiger partial charge is 0.308 e. The zero-order valence-corrected chi connectivity index (χ0v) is 16.9. The third kappa shape index (κ3) is 4.44. The molecule has 0 saturated heterocycles. The first-order chi connectivity index (χ1) is 14.6. The van der Waals surface area contributed by atoms with Crippen molar-refractivity contribution in [1.82, 2.24) is 9.97 Å². The number of aromatic nitrogens is 2. The highest BCUT2D eigenvalue weighted by Crippen LogP contribution is 2.38. The van der Waals surface area contributed by atoms with E-state index in [0.29, 0.717) is 11.4 Å². The zero-order chi connectivity index (χ0) is 20.9. The minimum atomic E-state index is -0.461. The SMILES string of the molecule is Cc1ccc(NC(=O)Nc2cccc(F)c2)cc1N(c1cccnc1)c1nccs1. The summed E-state index contributed by atoms with van der Waals surface area (Å²) in [6.07, 6.45) is 5.22. The Morgan fingerprint density at radius 3 is 2.57 bits per heavy atom. The average molecular weight is 419 g/mol. The Morgan fingerprint density at radius 2 is 1.87 bits per heavy atom. The predicted molar refractivity (Wildman–Crippen MR) is 118 cm³/mol. The van der Waals surface area contributed by atoms with Crippen LogP contribution < -0.4 is 15.5 Å². The van der Waals surface area contributed by atoms with E-state index in [9.17, 15) is 9.18 Å². The van der Waals surface area contributed by atoms with Crippen LogP contribution in [0, 0.1) is 12.7 Å². The second kappa shape index (κ2) is 8.71. The summed E-state index contributed by atoms with van der Waals surface area (Å²) in [7, 11) is 0. The number of nitrogens with one attached hydrogen (secondary N) is 2. The molecule has 4 aromatic rings. The molecule has 0 saturated carbocycles. The van der Waals surface area contributed by atoms with Gasteiger partial charge >= 0.3 is 6.03 Å². The summed E-state index contributed by atoms with van der Waals surface area (Å²) < 4.78 is 13.3. The maximum Gasteiger partial charge on any atom is 0.323 e. The van der Waals surface area contributed by atoms with E-state index in [0.717, 1.165) is 22.1 Å². The number of rotatable bonds is 5. The number of thiazole rings is 1. The normalized spacial score (nSPS) is 10.5. The molecule has 0 atom stereocenters. The lowest BCUT2D eigenvalue weighted by atomic mass is 10.1. The van der Waals surface area contributed by atoms with Gasteiger partial charge in [0, 0.05) is 29.1 Å². The van der Waals surface area contributed by atoms with E-state index < -0.39 is 11.8 Å². The van der Waals surface area contributed by atoms with Crippen LogP contribution >= 0.6 is 11.3 Å². The minimum Gasteiger partial charge on any atom is -0.308 e. The summed E-state index contributed by atoms with van der Waals surface area (Å²) in [6.45, 7) is 1.99. The predicted octanol–water partition coefficient (Wildman–Crippen LogP) is 6.10. The van der Waals surface area contributed by atoms with Gasteiger partial charge in [-0.05, 0) is 55.0 Å². The molecule has 2 aromatic heterocycles. The van der Waals surface area contributed by atoms with Gasteiger partial charge in [0.2, 0.25) is 0 Å². The highest BCUT2D eigenvalue weighted by Gasteiger charge is 2.18. The van der Waals surface area contributed by atoms with E-state index in [2.05, 4.69) is 20.6 Å². The molecule has 6 nitrogen and oxygen atoms in total. The van der Waals surface area contributed by atoms with Gasteiger partial charge < -0.3 is 10.6 Å². The number of pyridine rings is 1. The fraction of sp³-hybridized carbons (Fsp3) is 0.0455. The summed E-state index contributed by atoms with van der Waals surface area (Å²) >= 11 is 1.50. The van der Waals surface area contributed by atoms with Crippen LogP contribution in [-0.2, 0) is 0 Å². The number of amides is 2. The van der Waals surface area contributed by atoms with E-state index in [4.69, 9.17) is 0 Å². The number of urea groups is 1. The van der Waals surface area contributed by atoms with Crippen LogP contribution in [0.2, 0.25) is 0 Å². The molecule has 8 heteroatoms. The van der Waals surface area contributed by atoms with Crippen LogP contribution in [0.15, 0.2) is 78.6 Å². The highest BCUT2D eigenvalue weighted by molar-refractivity contribution is 7.13. The number of hydrogen-bond donors (Lipinski definition) is 2. The van der Waals surface area contributed by atoms with Gasteiger partial charge in [-0.25, -0.2) is 14.2 Å². The molecule has 2 N–H and O–H groups in total. The Bertz CT molecular complexity index is 1150. The number of nitrogens with zero attached hydrogens (tertiary/aromatic N) is 3. The van der Waals surface area contributed by atoms with Crippen molar-refractivity contribution in [2.24, 2.45) is 0 Å². The van der Waals surface area contributed by atoms with E-state index in [1.807, 2.05) is 47.5 Å². The molecule has 0 aliphatic heterocycles. The van der Waals surface area contributed by atoms with Gasteiger partial charge in [0.25, 0.3) is 0 Å². The van der Waals surface area contributed by atoms with Gasteiger partial charge in [0.15, 0.2) is 5.13 Å². The van der Waals surface area contributed by atoms with E-state index in [-0.39, 0.29) is 0 Å². The standard InChI is InChI=1S/C22H18FN5OS/c1-15-7-8-18(27-21(29)26-17-5-2-4-16(23)12-17)13-20(15)28(22-25-10-11-30-22)19-6-3-9-24-14-19/h2-14H,1H3,(H2,26,27,29). The molecule has 30 heavy (non-hydrogen) atoms. The summed E-state index contributed by atoms with van der Waals surface area (Å²) in [5, 5.41) is 8.12. The molecule has 0 bridgehead atoms. The summed E-state index contributed by atoms with van der Waals surface area (Å²) in [5.41, 5.74) is 3.69. The van der Waals surface area contributed by atoms with E-state index in [1.54, 1.807) is 24.7 Å². The number of anilines is 5. The van der Waals surface area contributed by atoms with Crippen molar-refractivity contribution >= 4 is 45.2 Å². The second-order valence-corrected chi connectivity index (χ2v) is 7.33. The highest BCUT2D eigenvalue weighted by atomic mass is 32.1. The fourth-order valence-corrected chi connectivity index (χ4v) is 3.63. The molecule has 150 valence electrons. The van der Waals surface area contributed by atoms with Gasteiger partial charge in [-0.2, -0.15) is 0 Å². The van der Waals surface area contributed by atoms with Gasteiger partial charge in [0.1, 0.15) is 5.82 Å². The maximum absolute atomic E-state index is 13.3. The first-order valence-electron chi connectivity index (χ1n) is 9.14. The van der Waals surface area contributed by atoms with Crippen molar-refractivity contribution < 1.29 is 9.18 Å². The number of aryl methyl sites for hydroxylation is 1. The van der Waals surface area contributed by atoms with E-state index >= 15 is 0 Å². The molecule has 2 amide bonds. The summed E-state index contributed by atoms with van der Waals surface area (Å²) in [5.74, 6) is -0.416.